The van der Waals surface area contributed by atoms with Gasteiger partial charge in [0.05, 0.1) is 6.04 Å². The van der Waals surface area contributed by atoms with Crippen LogP contribution in [0.3, 0.4) is 0 Å². The largest absolute Gasteiger partial charge is 0.310 e. The number of aryl methyl sites for hydroxylation is 1. The second kappa shape index (κ2) is 6.56. The Kier molecular flexibility index (Phi) is 4.78. The second-order valence-corrected chi connectivity index (χ2v) is 4.99. The Morgan fingerprint density at radius 1 is 1.33 bits per heavy atom. The maximum Gasteiger partial charge on any atom is 0.144 e. The topological polar surface area (TPSA) is 42.7 Å². The average molecular weight is 262 g/mol. The molecule has 0 fully saturated rings. The lowest BCUT2D eigenvalue weighted by Crippen LogP contribution is -2.23. The highest BCUT2D eigenvalue weighted by Crippen LogP contribution is 2.23. The zero-order valence-electron chi connectivity index (χ0n) is 10.7. The minimum absolute atomic E-state index is 0.220. The van der Waals surface area contributed by atoms with Gasteiger partial charge in [-0.3, -0.25) is 0 Å². The molecule has 1 atom stereocenters. The number of nitrogens with zero attached hydrogens (tertiary/aromatic N) is 3. The molecule has 0 aliphatic rings. The Labute approximate surface area is 112 Å². The van der Waals surface area contributed by atoms with Crippen LogP contribution in [0.25, 0.3) is 0 Å². The molecule has 2 rings (SSSR count). The first kappa shape index (κ1) is 13.1. The molecule has 5 heteroatoms. The summed E-state index contributed by atoms with van der Waals surface area (Å²) in [5.41, 5.74) is 0. The monoisotopic (exact) mass is 262 g/mol. The lowest BCUT2D eigenvalue weighted by molar-refractivity contribution is 0.537. The molecule has 0 radical (unpaired) electrons. The van der Waals surface area contributed by atoms with Crippen LogP contribution in [0, 0.1) is 0 Å². The molecule has 4 nitrogen and oxygen atoms in total. The minimum atomic E-state index is 0.220. The van der Waals surface area contributed by atoms with Crippen LogP contribution in [-0.2, 0) is 6.54 Å². The molecular weight excluding hydrogens is 244 g/mol. The molecule has 18 heavy (non-hydrogen) atoms. The zero-order chi connectivity index (χ0) is 12.8. The highest BCUT2D eigenvalue weighted by molar-refractivity contribution is 7.99. The van der Waals surface area contributed by atoms with Crippen molar-refractivity contribution in [1.29, 1.82) is 0 Å². The van der Waals surface area contributed by atoms with Crippen molar-refractivity contribution in [1.82, 2.24) is 20.1 Å². The number of aromatic nitrogens is 3. The second-order valence-electron chi connectivity index (χ2n) is 3.90. The molecule has 96 valence electrons. The fourth-order valence-corrected chi connectivity index (χ4v) is 2.79. The van der Waals surface area contributed by atoms with Crippen LogP contribution >= 0.6 is 11.8 Å². The predicted molar refractivity (Wildman–Crippen MR) is 74.7 cm³/mol. The highest BCUT2D eigenvalue weighted by atomic mass is 32.2. The molecule has 0 saturated heterocycles. The Bertz CT molecular complexity index is 469. The quantitative estimate of drug-likeness (QED) is 0.812. The van der Waals surface area contributed by atoms with Gasteiger partial charge in [0, 0.05) is 17.2 Å². The van der Waals surface area contributed by atoms with Crippen LogP contribution in [-0.4, -0.2) is 27.6 Å². The van der Waals surface area contributed by atoms with Crippen LogP contribution < -0.4 is 5.32 Å². The van der Waals surface area contributed by atoms with E-state index < -0.39 is 0 Å². The molecule has 0 bridgehead atoms. The van der Waals surface area contributed by atoms with Crippen LogP contribution in [0.2, 0.25) is 0 Å². The van der Waals surface area contributed by atoms with Gasteiger partial charge in [0.1, 0.15) is 12.2 Å². The third kappa shape index (κ3) is 3.11. The molecule has 1 aromatic heterocycles. The number of thioether (sulfide) groups is 1. The van der Waals surface area contributed by atoms with Gasteiger partial charge in [-0.15, -0.1) is 11.8 Å². The molecule has 0 aliphatic carbocycles. The van der Waals surface area contributed by atoms with Crippen molar-refractivity contribution in [2.75, 3.05) is 12.8 Å². The van der Waals surface area contributed by atoms with Gasteiger partial charge < -0.3 is 5.32 Å². The molecule has 1 unspecified atom stereocenters. The molecule has 0 spiro atoms. The molecule has 0 aliphatic heterocycles. The van der Waals surface area contributed by atoms with E-state index in [9.17, 15) is 0 Å². The van der Waals surface area contributed by atoms with E-state index in [1.807, 2.05) is 29.6 Å². The number of benzene rings is 1. The fraction of sp³-hybridized carbons (Fsp3) is 0.385. The van der Waals surface area contributed by atoms with Crippen LogP contribution in [0.5, 0.6) is 0 Å². The summed E-state index contributed by atoms with van der Waals surface area (Å²) >= 11 is 1.83. The van der Waals surface area contributed by atoms with Crippen molar-refractivity contribution in [3.05, 3.63) is 42.5 Å². The molecule has 2 aromatic rings. The summed E-state index contributed by atoms with van der Waals surface area (Å²) in [6.45, 7) is 2.93. The van der Waals surface area contributed by atoms with Crippen LogP contribution in [0.4, 0.5) is 0 Å². The zero-order valence-corrected chi connectivity index (χ0v) is 11.5. The molecular formula is C13H18N4S. The summed E-state index contributed by atoms with van der Waals surface area (Å²) in [5.74, 6) is 1.95. The van der Waals surface area contributed by atoms with Gasteiger partial charge in [-0.1, -0.05) is 18.2 Å². The molecule has 0 amide bonds. The van der Waals surface area contributed by atoms with E-state index in [2.05, 4.69) is 46.6 Å². The number of hydrogen-bond donors (Lipinski definition) is 1. The lowest BCUT2D eigenvalue weighted by atomic mass is 10.3. The summed E-state index contributed by atoms with van der Waals surface area (Å²) in [5, 5.41) is 7.52. The first-order valence-electron chi connectivity index (χ1n) is 6.08. The summed E-state index contributed by atoms with van der Waals surface area (Å²) < 4.78 is 1.94. The standard InChI is InChI=1S/C13H18N4S/c1-3-17-13(15-10-16-17)12(14-2)9-18-11-7-5-4-6-8-11/h4-8,10,12,14H,3,9H2,1-2H3. The van der Waals surface area contributed by atoms with Gasteiger partial charge in [-0.2, -0.15) is 5.10 Å². The minimum Gasteiger partial charge on any atom is -0.310 e. The van der Waals surface area contributed by atoms with Crippen molar-refractivity contribution in [2.45, 2.75) is 24.4 Å². The Balaban J connectivity index is 2.02. The smallest absolute Gasteiger partial charge is 0.144 e. The lowest BCUT2D eigenvalue weighted by Gasteiger charge is -2.15. The first-order chi connectivity index (χ1) is 8.85. The Morgan fingerprint density at radius 2 is 2.11 bits per heavy atom. The summed E-state index contributed by atoms with van der Waals surface area (Å²) in [6.07, 6.45) is 1.62. The van der Waals surface area contributed by atoms with Crippen molar-refractivity contribution in [3.63, 3.8) is 0 Å². The van der Waals surface area contributed by atoms with E-state index in [1.54, 1.807) is 6.33 Å². The predicted octanol–water partition coefficient (Wildman–Crippen LogP) is 2.35. The van der Waals surface area contributed by atoms with Gasteiger partial charge in [-0.05, 0) is 26.1 Å². The van der Waals surface area contributed by atoms with Gasteiger partial charge >= 0.3 is 0 Å². The third-order valence-corrected chi connectivity index (χ3v) is 3.87. The number of rotatable bonds is 6. The van der Waals surface area contributed by atoms with Crippen LogP contribution in [0.15, 0.2) is 41.6 Å². The molecule has 1 heterocycles. The molecule has 1 N–H and O–H groups in total. The van der Waals surface area contributed by atoms with E-state index in [1.165, 1.54) is 4.90 Å². The molecule has 0 saturated carbocycles. The van der Waals surface area contributed by atoms with Crippen molar-refractivity contribution in [2.24, 2.45) is 0 Å². The van der Waals surface area contributed by atoms with E-state index in [0.29, 0.717) is 0 Å². The maximum atomic E-state index is 4.35. The van der Waals surface area contributed by atoms with Crippen molar-refractivity contribution in [3.8, 4) is 0 Å². The van der Waals surface area contributed by atoms with Gasteiger partial charge in [-0.25, -0.2) is 9.67 Å². The van der Waals surface area contributed by atoms with E-state index in [-0.39, 0.29) is 6.04 Å². The Morgan fingerprint density at radius 3 is 2.78 bits per heavy atom. The summed E-state index contributed by atoms with van der Waals surface area (Å²) in [4.78, 5) is 5.62. The van der Waals surface area contributed by atoms with Crippen LogP contribution in [0.1, 0.15) is 18.8 Å². The van der Waals surface area contributed by atoms with Crippen molar-refractivity contribution >= 4 is 11.8 Å². The van der Waals surface area contributed by atoms with E-state index in [4.69, 9.17) is 0 Å². The normalized spacial score (nSPS) is 12.6. The SMILES string of the molecule is CCn1ncnc1C(CSc1ccccc1)NC. The maximum absolute atomic E-state index is 4.35. The summed E-state index contributed by atoms with van der Waals surface area (Å²) in [6, 6.07) is 10.6. The number of hydrogen-bond acceptors (Lipinski definition) is 4. The van der Waals surface area contributed by atoms with Crippen molar-refractivity contribution < 1.29 is 0 Å². The highest BCUT2D eigenvalue weighted by Gasteiger charge is 2.15. The number of nitrogens with one attached hydrogen (secondary N) is 1. The Hall–Kier alpha value is -1.33. The van der Waals surface area contributed by atoms with Gasteiger partial charge in [0.2, 0.25) is 0 Å². The van der Waals surface area contributed by atoms with Gasteiger partial charge in [0.15, 0.2) is 0 Å². The first-order valence-corrected chi connectivity index (χ1v) is 7.06. The van der Waals surface area contributed by atoms with E-state index >= 15 is 0 Å². The van der Waals surface area contributed by atoms with Gasteiger partial charge in [0.25, 0.3) is 0 Å². The molecule has 1 aromatic carbocycles. The third-order valence-electron chi connectivity index (χ3n) is 2.77. The summed E-state index contributed by atoms with van der Waals surface area (Å²) in [7, 11) is 1.96. The van der Waals surface area contributed by atoms with E-state index in [0.717, 1.165) is 18.1 Å². The fourth-order valence-electron chi connectivity index (χ4n) is 1.77. The average Bonchev–Trinajstić information content (AvgIpc) is 2.89.